The van der Waals surface area contributed by atoms with E-state index in [-0.39, 0.29) is 18.4 Å². The van der Waals surface area contributed by atoms with E-state index in [4.69, 9.17) is 16.3 Å². The predicted octanol–water partition coefficient (Wildman–Crippen LogP) is 3.20. The van der Waals surface area contributed by atoms with Gasteiger partial charge in [-0.1, -0.05) is 17.7 Å². The van der Waals surface area contributed by atoms with Crippen LogP contribution >= 0.6 is 11.6 Å². The highest BCUT2D eigenvalue weighted by Crippen LogP contribution is 2.39. The minimum Gasteiger partial charge on any atom is -0.485 e. The molecule has 2 atom stereocenters. The van der Waals surface area contributed by atoms with Crippen molar-refractivity contribution in [2.45, 2.75) is 32.5 Å². The summed E-state index contributed by atoms with van der Waals surface area (Å²) in [6, 6.07) is 5.21. The molecule has 1 aliphatic rings. The first-order valence-corrected chi connectivity index (χ1v) is 6.26. The fraction of sp³-hybridized carbons (Fsp3) is 0.462. The summed E-state index contributed by atoms with van der Waals surface area (Å²) in [7, 11) is 0. The molecule has 2 unspecified atom stereocenters. The molecule has 0 N–H and O–H groups in total. The van der Waals surface area contributed by atoms with Crippen LogP contribution in [0.25, 0.3) is 0 Å². The number of carbonyl (C=O) groups is 1. The summed E-state index contributed by atoms with van der Waals surface area (Å²) in [6.07, 6.45) is -1.44. The van der Waals surface area contributed by atoms with Crippen LogP contribution in [-0.4, -0.2) is 24.7 Å². The molecule has 5 heteroatoms. The van der Waals surface area contributed by atoms with Gasteiger partial charge in [-0.25, -0.2) is 4.39 Å². The number of fused-ring (bicyclic) bond motifs is 1. The van der Waals surface area contributed by atoms with Crippen LogP contribution in [0.2, 0.25) is 5.02 Å². The predicted molar refractivity (Wildman–Crippen MR) is 69.1 cm³/mol. The Kier molecular flexibility index (Phi) is 3.76. The molecule has 1 amide bonds. The second kappa shape index (κ2) is 5.14. The van der Waals surface area contributed by atoms with Gasteiger partial charge in [0.15, 0.2) is 5.75 Å². The van der Waals surface area contributed by atoms with Gasteiger partial charge in [-0.15, -0.1) is 0 Å². The summed E-state index contributed by atoms with van der Waals surface area (Å²) < 4.78 is 18.6. The molecule has 18 heavy (non-hydrogen) atoms. The lowest BCUT2D eigenvalue weighted by Crippen LogP contribution is -2.43. The third-order valence-electron chi connectivity index (χ3n) is 2.75. The number of para-hydroxylation sites is 1. The number of anilines is 1. The molecule has 0 radical (unpaired) electrons. The minimum absolute atomic E-state index is 0.126. The second-order valence-electron chi connectivity index (χ2n) is 4.51. The zero-order valence-electron chi connectivity index (χ0n) is 10.3. The second-order valence-corrected chi connectivity index (χ2v) is 4.91. The standard InChI is InChI=1S/C13H15ClFNO2/c1-8(15)6-12(17)16-7-9(2)18-13-10(14)4-3-5-11(13)16/h3-5,8-9H,6-7H2,1-2H3. The van der Waals surface area contributed by atoms with Gasteiger partial charge in [-0.05, 0) is 26.0 Å². The Bertz CT molecular complexity index is 464. The maximum Gasteiger partial charge on any atom is 0.230 e. The van der Waals surface area contributed by atoms with Crippen LogP contribution < -0.4 is 9.64 Å². The molecule has 98 valence electrons. The molecule has 1 aliphatic heterocycles. The Balaban J connectivity index is 2.34. The van der Waals surface area contributed by atoms with Crippen molar-refractivity contribution in [2.24, 2.45) is 0 Å². The van der Waals surface area contributed by atoms with E-state index in [2.05, 4.69) is 0 Å². The van der Waals surface area contributed by atoms with Crippen molar-refractivity contribution >= 4 is 23.2 Å². The molecular weight excluding hydrogens is 257 g/mol. The van der Waals surface area contributed by atoms with Gasteiger partial charge >= 0.3 is 0 Å². The van der Waals surface area contributed by atoms with Crippen molar-refractivity contribution in [3.63, 3.8) is 0 Å². The number of alkyl halides is 1. The van der Waals surface area contributed by atoms with Crippen molar-refractivity contribution in [3.05, 3.63) is 23.2 Å². The number of rotatable bonds is 2. The minimum atomic E-state index is -1.15. The molecule has 1 aromatic rings. The zero-order valence-corrected chi connectivity index (χ0v) is 11.1. The fourth-order valence-electron chi connectivity index (χ4n) is 2.01. The molecule has 0 spiro atoms. The van der Waals surface area contributed by atoms with Crippen LogP contribution in [-0.2, 0) is 4.79 Å². The lowest BCUT2D eigenvalue weighted by atomic mass is 10.1. The van der Waals surface area contributed by atoms with E-state index < -0.39 is 6.17 Å². The number of halogens is 2. The smallest absolute Gasteiger partial charge is 0.230 e. The number of amides is 1. The largest absolute Gasteiger partial charge is 0.485 e. The van der Waals surface area contributed by atoms with E-state index in [1.807, 2.05) is 6.92 Å². The van der Waals surface area contributed by atoms with E-state index in [1.165, 1.54) is 6.92 Å². The Morgan fingerprint density at radius 3 is 3.06 bits per heavy atom. The van der Waals surface area contributed by atoms with Crippen LogP contribution in [0.1, 0.15) is 20.3 Å². The highest BCUT2D eigenvalue weighted by molar-refractivity contribution is 6.32. The third kappa shape index (κ3) is 2.58. The van der Waals surface area contributed by atoms with E-state index >= 15 is 0 Å². The maximum atomic E-state index is 13.0. The molecule has 0 saturated heterocycles. The highest BCUT2D eigenvalue weighted by atomic mass is 35.5. The van der Waals surface area contributed by atoms with Crippen LogP contribution in [0.15, 0.2) is 18.2 Å². The summed E-state index contributed by atoms with van der Waals surface area (Å²) in [4.78, 5) is 13.6. The maximum absolute atomic E-state index is 13.0. The topological polar surface area (TPSA) is 29.5 Å². The number of hydrogen-bond donors (Lipinski definition) is 0. The van der Waals surface area contributed by atoms with E-state index in [1.54, 1.807) is 23.1 Å². The summed E-state index contributed by atoms with van der Waals surface area (Å²) in [5, 5.41) is 0.463. The molecule has 0 aliphatic carbocycles. The van der Waals surface area contributed by atoms with Crippen LogP contribution in [0.5, 0.6) is 5.75 Å². The molecule has 2 rings (SSSR count). The summed E-state index contributed by atoms with van der Waals surface area (Å²) in [5.41, 5.74) is 0.617. The summed E-state index contributed by atoms with van der Waals surface area (Å²) in [5.74, 6) is 0.251. The van der Waals surface area contributed by atoms with Crippen molar-refractivity contribution in [2.75, 3.05) is 11.4 Å². The van der Waals surface area contributed by atoms with Crippen molar-refractivity contribution < 1.29 is 13.9 Å². The van der Waals surface area contributed by atoms with Gasteiger partial charge in [0.1, 0.15) is 12.3 Å². The molecule has 0 aromatic heterocycles. The van der Waals surface area contributed by atoms with E-state index in [0.717, 1.165) is 0 Å². The molecule has 0 bridgehead atoms. The van der Waals surface area contributed by atoms with E-state index in [0.29, 0.717) is 23.0 Å². The van der Waals surface area contributed by atoms with Crippen LogP contribution in [0.4, 0.5) is 10.1 Å². The average Bonchev–Trinajstić information content (AvgIpc) is 2.28. The number of ether oxygens (including phenoxy) is 1. The van der Waals surface area contributed by atoms with Gasteiger partial charge in [0, 0.05) is 0 Å². The lowest BCUT2D eigenvalue weighted by Gasteiger charge is -2.34. The Labute approximate surface area is 110 Å². The molecule has 1 aromatic carbocycles. The van der Waals surface area contributed by atoms with Gasteiger partial charge in [0.2, 0.25) is 5.91 Å². The highest BCUT2D eigenvalue weighted by Gasteiger charge is 2.29. The number of hydrogen-bond acceptors (Lipinski definition) is 2. The number of carbonyl (C=O) groups excluding carboxylic acids is 1. The third-order valence-corrected chi connectivity index (χ3v) is 3.05. The van der Waals surface area contributed by atoms with Gasteiger partial charge < -0.3 is 9.64 Å². The van der Waals surface area contributed by atoms with E-state index in [9.17, 15) is 9.18 Å². The SMILES string of the molecule is CC(F)CC(=O)N1CC(C)Oc2c(Cl)cccc21. The average molecular weight is 272 g/mol. The number of nitrogens with zero attached hydrogens (tertiary/aromatic N) is 1. The zero-order chi connectivity index (χ0) is 13.3. The van der Waals surface area contributed by atoms with Crippen LogP contribution in [0, 0.1) is 0 Å². The molecule has 1 heterocycles. The summed E-state index contributed by atoms with van der Waals surface area (Å²) >= 11 is 6.05. The normalized spacial score (nSPS) is 20.0. The Hall–Kier alpha value is -1.29. The number of benzene rings is 1. The quantitative estimate of drug-likeness (QED) is 0.827. The molecule has 0 saturated carbocycles. The molecular formula is C13H15ClFNO2. The Morgan fingerprint density at radius 2 is 2.39 bits per heavy atom. The lowest BCUT2D eigenvalue weighted by molar-refractivity contribution is -0.120. The van der Waals surface area contributed by atoms with Gasteiger partial charge in [0.25, 0.3) is 0 Å². The van der Waals surface area contributed by atoms with Crippen molar-refractivity contribution in [1.29, 1.82) is 0 Å². The Morgan fingerprint density at radius 1 is 1.67 bits per heavy atom. The monoisotopic (exact) mass is 271 g/mol. The first-order valence-electron chi connectivity index (χ1n) is 5.88. The molecule has 0 fully saturated rings. The van der Waals surface area contributed by atoms with Crippen molar-refractivity contribution in [1.82, 2.24) is 0 Å². The first kappa shape index (κ1) is 13.1. The fourth-order valence-corrected chi connectivity index (χ4v) is 2.22. The molecule has 3 nitrogen and oxygen atoms in total. The first-order chi connectivity index (χ1) is 8.49. The van der Waals surface area contributed by atoms with Crippen LogP contribution in [0.3, 0.4) is 0 Å². The van der Waals surface area contributed by atoms with Gasteiger partial charge in [0.05, 0.1) is 23.7 Å². The summed E-state index contributed by atoms with van der Waals surface area (Å²) in [6.45, 7) is 3.64. The van der Waals surface area contributed by atoms with Crippen molar-refractivity contribution in [3.8, 4) is 5.75 Å². The van der Waals surface area contributed by atoms with Gasteiger partial charge in [-0.3, -0.25) is 4.79 Å². The van der Waals surface area contributed by atoms with Gasteiger partial charge in [-0.2, -0.15) is 0 Å².